The second-order valence-electron chi connectivity index (χ2n) is 6.00. The molecule has 0 aliphatic heterocycles. The molecule has 0 aliphatic carbocycles. The minimum atomic E-state index is -5.02. The fraction of sp³-hybridized carbons (Fsp3) is 0.267. The summed E-state index contributed by atoms with van der Waals surface area (Å²) in [6.07, 6.45) is -14.5. The second kappa shape index (κ2) is 7.44. The summed E-state index contributed by atoms with van der Waals surface area (Å²) in [6, 6.07) is 0.494. The van der Waals surface area contributed by atoms with Crippen molar-refractivity contribution in [1.29, 1.82) is 0 Å². The van der Waals surface area contributed by atoms with Gasteiger partial charge in [-0.25, -0.2) is 9.97 Å². The van der Waals surface area contributed by atoms with Gasteiger partial charge in [0, 0.05) is 12.4 Å². The Hall–Kier alpha value is -2.75. The maximum atomic E-state index is 13.0. The molecule has 0 radical (unpaired) electrons. The molecule has 0 fully saturated rings. The summed E-state index contributed by atoms with van der Waals surface area (Å²) in [5.74, 6) is -0.924. The van der Waals surface area contributed by atoms with Gasteiger partial charge < -0.3 is 4.55 Å². The highest BCUT2D eigenvalue weighted by Crippen LogP contribution is 2.36. The van der Waals surface area contributed by atoms with Crippen LogP contribution in [0.4, 0.5) is 39.5 Å². The van der Waals surface area contributed by atoms with Crippen LogP contribution < -0.4 is 0 Å². The summed E-state index contributed by atoms with van der Waals surface area (Å²) in [6.45, 7) is -1.87. The van der Waals surface area contributed by atoms with E-state index in [9.17, 15) is 48.3 Å². The lowest BCUT2D eigenvalue weighted by Gasteiger charge is -2.16. The zero-order valence-corrected chi connectivity index (χ0v) is 15.2. The van der Waals surface area contributed by atoms with Crippen molar-refractivity contribution in [2.75, 3.05) is 0 Å². The van der Waals surface area contributed by atoms with E-state index in [0.717, 1.165) is 0 Å². The number of hydrogen-bond donors (Lipinski definition) is 0. The first-order valence-electron chi connectivity index (χ1n) is 7.75. The van der Waals surface area contributed by atoms with Gasteiger partial charge >= 0.3 is 18.5 Å². The molecule has 3 heterocycles. The molecule has 0 saturated carbocycles. The molecule has 6 nitrogen and oxygen atoms in total. The molecule has 1 unspecified atom stereocenters. The quantitative estimate of drug-likeness (QED) is 0.414. The Labute approximate surface area is 168 Å². The lowest BCUT2D eigenvalue weighted by atomic mass is 10.2. The normalized spacial score (nSPS) is 14.3. The fourth-order valence-corrected chi connectivity index (χ4v) is 3.10. The van der Waals surface area contributed by atoms with E-state index in [1.54, 1.807) is 0 Å². The number of nitrogens with zero attached hydrogens (tertiary/aromatic N) is 4. The van der Waals surface area contributed by atoms with Crippen molar-refractivity contribution in [3.05, 3.63) is 35.7 Å². The number of aromatic nitrogens is 4. The van der Waals surface area contributed by atoms with E-state index < -0.39 is 74.9 Å². The number of imidazole rings is 1. The summed E-state index contributed by atoms with van der Waals surface area (Å²) < 4.78 is 139. The summed E-state index contributed by atoms with van der Waals surface area (Å²) in [7, 11) is 0. The van der Waals surface area contributed by atoms with Gasteiger partial charge in [0.2, 0.25) is 0 Å². The third kappa shape index (κ3) is 4.79. The molecule has 0 bridgehead atoms. The Bertz CT molecular complexity index is 1170. The standard InChI is InChI=1S/C15H7F9N4O2S/c16-13(17,18)5-28-11-8(1-6(4-26-11)14(19,20)21)27-12(28)10-9(31(29)30)2-7(3-25-10)15(22,23)24/h1-4H,5H2,(H,29,30)/p-1. The van der Waals surface area contributed by atoms with Crippen LogP contribution in [0.25, 0.3) is 22.7 Å². The number of hydrogen-bond acceptors (Lipinski definition) is 5. The van der Waals surface area contributed by atoms with Crippen LogP contribution in [0.15, 0.2) is 29.4 Å². The number of fused-ring (bicyclic) bond motifs is 1. The first-order chi connectivity index (χ1) is 14.1. The molecule has 3 rings (SSSR count). The molecule has 31 heavy (non-hydrogen) atoms. The number of alkyl halides is 9. The molecule has 3 aromatic rings. The van der Waals surface area contributed by atoms with E-state index in [2.05, 4.69) is 15.0 Å². The summed E-state index contributed by atoms with van der Waals surface area (Å²) in [4.78, 5) is 9.02. The molecule has 168 valence electrons. The van der Waals surface area contributed by atoms with Crippen LogP contribution >= 0.6 is 0 Å². The van der Waals surface area contributed by atoms with Crippen LogP contribution in [-0.2, 0) is 30.0 Å². The molecule has 16 heteroatoms. The van der Waals surface area contributed by atoms with E-state index >= 15 is 0 Å². The molecule has 0 saturated heterocycles. The van der Waals surface area contributed by atoms with Gasteiger partial charge in [-0.1, -0.05) is 0 Å². The van der Waals surface area contributed by atoms with Gasteiger partial charge in [-0.3, -0.25) is 13.8 Å². The van der Waals surface area contributed by atoms with Crippen molar-refractivity contribution >= 4 is 22.2 Å². The van der Waals surface area contributed by atoms with Crippen molar-refractivity contribution in [2.24, 2.45) is 0 Å². The van der Waals surface area contributed by atoms with Crippen molar-refractivity contribution in [2.45, 2.75) is 30.0 Å². The maximum absolute atomic E-state index is 13.0. The Kier molecular flexibility index (Phi) is 5.50. The fourth-order valence-electron chi connectivity index (χ4n) is 2.57. The SMILES string of the molecule is O=S([O-])c1cc(C(F)(F)F)cnc1-c1nc2cc(C(F)(F)F)cnc2n1CC(F)(F)F. The third-order valence-electron chi connectivity index (χ3n) is 3.82. The molecule has 0 spiro atoms. The van der Waals surface area contributed by atoms with Crippen molar-refractivity contribution in [3.63, 3.8) is 0 Å². The van der Waals surface area contributed by atoms with Crippen molar-refractivity contribution < 1.29 is 48.3 Å². The van der Waals surface area contributed by atoms with Crippen LogP contribution in [0.2, 0.25) is 0 Å². The topological polar surface area (TPSA) is 83.7 Å². The molecule has 1 atom stereocenters. The lowest BCUT2D eigenvalue weighted by Crippen LogP contribution is -2.19. The Balaban J connectivity index is 2.32. The molecule has 0 aromatic carbocycles. The van der Waals surface area contributed by atoms with Crippen molar-refractivity contribution in [1.82, 2.24) is 19.5 Å². The van der Waals surface area contributed by atoms with Gasteiger partial charge in [-0.15, -0.1) is 0 Å². The minimum Gasteiger partial charge on any atom is -0.768 e. The minimum absolute atomic E-state index is 0.122. The summed E-state index contributed by atoms with van der Waals surface area (Å²) in [5, 5.41) is 0. The zero-order chi connectivity index (χ0) is 23.4. The van der Waals surface area contributed by atoms with Crippen LogP contribution in [-0.4, -0.2) is 34.5 Å². The smallest absolute Gasteiger partial charge is 0.417 e. The van der Waals surface area contributed by atoms with E-state index in [1.165, 1.54) is 0 Å². The van der Waals surface area contributed by atoms with E-state index in [4.69, 9.17) is 0 Å². The van der Waals surface area contributed by atoms with Gasteiger partial charge in [0.05, 0.1) is 16.0 Å². The average molecular weight is 477 g/mol. The van der Waals surface area contributed by atoms with Gasteiger partial charge in [-0.2, -0.15) is 39.5 Å². The van der Waals surface area contributed by atoms with Gasteiger partial charge in [0.1, 0.15) is 17.8 Å². The molecular formula is C15H6F9N4O2S-. The maximum Gasteiger partial charge on any atom is 0.417 e. The highest BCUT2D eigenvalue weighted by atomic mass is 32.2. The first kappa shape index (κ1) is 22.9. The number of halogens is 9. The highest BCUT2D eigenvalue weighted by molar-refractivity contribution is 7.79. The molecule has 0 amide bonds. The van der Waals surface area contributed by atoms with Crippen LogP contribution in [0, 0.1) is 0 Å². The lowest BCUT2D eigenvalue weighted by molar-refractivity contribution is -0.140. The van der Waals surface area contributed by atoms with E-state index in [0.29, 0.717) is 6.07 Å². The number of pyridine rings is 2. The molecule has 3 aromatic heterocycles. The third-order valence-corrected chi connectivity index (χ3v) is 4.49. The predicted molar refractivity (Wildman–Crippen MR) is 84.0 cm³/mol. The Morgan fingerprint density at radius 1 is 0.903 bits per heavy atom. The first-order valence-corrected chi connectivity index (χ1v) is 8.82. The van der Waals surface area contributed by atoms with Gasteiger partial charge in [0.25, 0.3) is 0 Å². The second-order valence-corrected chi connectivity index (χ2v) is 6.91. The monoisotopic (exact) mass is 477 g/mol. The largest absolute Gasteiger partial charge is 0.768 e. The zero-order valence-electron chi connectivity index (χ0n) is 14.4. The van der Waals surface area contributed by atoms with Crippen LogP contribution in [0.1, 0.15) is 11.1 Å². The van der Waals surface area contributed by atoms with E-state index in [-0.39, 0.29) is 23.0 Å². The predicted octanol–water partition coefficient (Wildman–Crippen LogP) is 4.33. The molecule has 0 aliphatic rings. The molecule has 0 N–H and O–H groups in total. The highest BCUT2D eigenvalue weighted by Gasteiger charge is 2.36. The van der Waals surface area contributed by atoms with Gasteiger partial charge in [0.15, 0.2) is 11.5 Å². The summed E-state index contributed by atoms with van der Waals surface area (Å²) >= 11 is -3.41. The van der Waals surface area contributed by atoms with Gasteiger partial charge in [-0.05, 0) is 23.2 Å². The summed E-state index contributed by atoms with van der Waals surface area (Å²) in [5.41, 5.74) is -5.18. The van der Waals surface area contributed by atoms with Crippen molar-refractivity contribution in [3.8, 4) is 11.5 Å². The van der Waals surface area contributed by atoms with E-state index in [1.807, 2.05) is 0 Å². The average Bonchev–Trinajstić information content (AvgIpc) is 2.95. The van der Waals surface area contributed by atoms with Crippen LogP contribution in [0.3, 0.4) is 0 Å². The van der Waals surface area contributed by atoms with Crippen LogP contribution in [0.5, 0.6) is 0 Å². The molecular weight excluding hydrogens is 471 g/mol. The Morgan fingerprint density at radius 3 is 1.97 bits per heavy atom. The Morgan fingerprint density at radius 2 is 1.45 bits per heavy atom. The number of rotatable bonds is 3.